The Kier molecular flexibility index (Phi) is 10.1. The van der Waals surface area contributed by atoms with Gasteiger partial charge in [0, 0.05) is 15.2 Å². The Hall–Kier alpha value is -2.16. The second-order valence-corrected chi connectivity index (χ2v) is 13.5. The van der Waals surface area contributed by atoms with Gasteiger partial charge in [-0.2, -0.15) is 0 Å². The van der Waals surface area contributed by atoms with Crippen LogP contribution in [0.25, 0.3) is 32.0 Å². The van der Waals surface area contributed by atoms with E-state index in [2.05, 4.69) is 85.3 Å². The van der Waals surface area contributed by atoms with Crippen molar-refractivity contribution in [2.45, 2.75) is 109 Å². The monoisotopic (exact) mass is 554 g/mol. The van der Waals surface area contributed by atoms with Crippen molar-refractivity contribution in [2.75, 3.05) is 0 Å². The molecule has 2 aromatic carbocycles. The molecular formula is C37H46S2. The minimum Gasteiger partial charge on any atom is -0.144 e. The highest BCUT2D eigenvalue weighted by Gasteiger charge is 2.42. The number of rotatable bonds is 16. The van der Waals surface area contributed by atoms with Crippen LogP contribution in [0, 0.1) is 0 Å². The zero-order chi connectivity index (χ0) is 26.9. The molecule has 2 heterocycles. The summed E-state index contributed by atoms with van der Waals surface area (Å²) >= 11 is 3.73. The summed E-state index contributed by atoms with van der Waals surface area (Å²) in [6.07, 6.45) is 18.8. The normalized spacial score (nSPS) is 13.5. The molecule has 0 radical (unpaired) electrons. The smallest absolute Gasteiger partial charge is 0.0342 e. The standard InChI is InChI=1S/C37H46S2/c1-3-5-7-9-11-13-23-37(24-14-12-10-8-6-4-2)33-27-29(35-17-15-25-38-35)19-21-31(33)32-22-20-30(28-34(32)37)36-18-16-26-39-36/h15-22,25-28H,3-14,23-24H2,1-2H3. The lowest BCUT2D eigenvalue weighted by molar-refractivity contribution is 0.398. The van der Waals surface area contributed by atoms with Crippen LogP contribution >= 0.6 is 22.7 Å². The molecule has 5 rings (SSSR count). The number of hydrogen-bond donors (Lipinski definition) is 0. The second kappa shape index (κ2) is 14.0. The van der Waals surface area contributed by atoms with Gasteiger partial charge >= 0.3 is 0 Å². The van der Waals surface area contributed by atoms with Crippen LogP contribution in [0.3, 0.4) is 0 Å². The average molecular weight is 555 g/mol. The first kappa shape index (κ1) is 28.4. The van der Waals surface area contributed by atoms with Crippen LogP contribution in [-0.4, -0.2) is 0 Å². The molecule has 0 bridgehead atoms. The number of unbranched alkanes of at least 4 members (excludes halogenated alkanes) is 10. The summed E-state index contributed by atoms with van der Waals surface area (Å²) in [6, 6.07) is 23.7. The maximum atomic E-state index is 2.58. The molecule has 4 aromatic rings. The Morgan fingerprint density at radius 3 is 1.36 bits per heavy atom. The van der Waals surface area contributed by atoms with Gasteiger partial charge in [-0.1, -0.05) is 127 Å². The summed E-state index contributed by atoms with van der Waals surface area (Å²) in [5.41, 5.74) is 9.10. The van der Waals surface area contributed by atoms with E-state index in [4.69, 9.17) is 0 Å². The largest absolute Gasteiger partial charge is 0.144 e. The molecule has 2 aromatic heterocycles. The van der Waals surface area contributed by atoms with Crippen LogP contribution in [0.15, 0.2) is 71.4 Å². The highest BCUT2D eigenvalue weighted by Crippen LogP contribution is 2.56. The number of hydrogen-bond acceptors (Lipinski definition) is 2. The lowest BCUT2D eigenvalue weighted by Crippen LogP contribution is -2.25. The minimum atomic E-state index is 0.126. The third-order valence-corrected chi connectivity index (χ3v) is 10.7. The predicted octanol–water partition coefficient (Wildman–Crippen LogP) is 12.9. The van der Waals surface area contributed by atoms with Gasteiger partial charge in [0.25, 0.3) is 0 Å². The fourth-order valence-corrected chi connectivity index (χ4v) is 8.21. The fourth-order valence-electron chi connectivity index (χ4n) is 6.77. The molecule has 0 nitrogen and oxygen atoms in total. The summed E-state index contributed by atoms with van der Waals surface area (Å²) in [6.45, 7) is 4.64. The van der Waals surface area contributed by atoms with Crippen molar-refractivity contribution in [3.63, 3.8) is 0 Å². The number of benzene rings is 2. The molecule has 0 fully saturated rings. The molecule has 2 heteroatoms. The van der Waals surface area contributed by atoms with E-state index in [1.165, 1.54) is 122 Å². The predicted molar refractivity (Wildman–Crippen MR) is 175 cm³/mol. The molecule has 0 atom stereocenters. The van der Waals surface area contributed by atoms with E-state index in [1.807, 2.05) is 22.7 Å². The van der Waals surface area contributed by atoms with Crippen molar-refractivity contribution in [3.8, 4) is 32.0 Å². The second-order valence-electron chi connectivity index (χ2n) is 11.6. The lowest BCUT2D eigenvalue weighted by Gasteiger charge is -2.33. The minimum absolute atomic E-state index is 0.126. The van der Waals surface area contributed by atoms with Crippen molar-refractivity contribution in [2.24, 2.45) is 0 Å². The summed E-state index contributed by atoms with van der Waals surface area (Å²) in [5, 5.41) is 4.43. The van der Waals surface area contributed by atoms with Crippen LogP contribution in [0.1, 0.15) is 115 Å². The Morgan fingerprint density at radius 2 is 0.949 bits per heavy atom. The van der Waals surface area contributed by atoms with Gasteiger partial charge in [-0.15, -0.1) is 22.7 Å². The Morgan fingerprint density at radius 1 is 0.513 bits per heavy atom. The molecule has 0 amide bonds. The van der Waals surface area contributed by atoms with Gasteiger partial charge < -0.3 is 0 Å². The first-order valence-electron chi connectivity index (χ1n) is 15.6. The highest BCUT2D eigenvalue weighted by atomic mass is 32.1. The van der Waals surface area contributed by atoms with Crippen LogP contribution < -0.4 is 0 Å². The highest BCUT2D eigenvalue weighted by molar-refractivity contribution is 7.13. The zero-order valence-electron chi connectivity index (χ0n) is 24.1. The summed E-state index contributed by atoms with van der Waals surface area (Å²) in [4.78, 5) is 2.78. The summed E-state index contributed by atoms with van der Waals surface area (Å²) in [7, 11) is 0. The molecule has 0 saturated heterocycles. The Labute approximate surface area is 245 Å². The topological polar surface area (TPSA) is 0 Å². The van der Waals surface area contributed by atoms with E-state index >= 15 is 0 Å². The molecule has 39 heavy (non-hydrogen) atoms. The van der Waals surface area contributed by atoms with Gasteiger partial charge in [-0.3, -0.25) is 0 Å². The van der Waals surface area contributed by atoms with E-state index in [1.54, 1.807) is 11.1 Å². The fraction of sp³-hybridized carbons (Fsp3) is 0.459. The summed E-state index contributed by atoms with van der Waals surface area (Å²) < 4.78 is 0. The van der Waals surface area contributed by atoms with Gasteiger partial charge in [0.2, 0.25) is 0 Å². The third kappa shape index (κ3) is 6.44. The van der Waals surface area contributed by atoms with E-state index in [-0.39, 0.29) is 5.41 Å². The number of fused-ring (bicyclic) bond motifs is 3. The molecule has 0 unspecified atom stereocenters. The van der Waals surface area contributed by atoms with Crippen LogP contribution in [0.2, 0.25) is 0 Å². The Bertz CT molecular complexity index is 1180. The van der Waals surface area contributed by atoms with Gasteiger partial charge in [-0.25, -0.2) is 0 Å². The first-order chi connectivity index (χ1) is 19.3. The zero-order valence-corrected chi connectivity index (χ0v) is 25.8. The van der Waals surface area contributed by atoms with Gasteiger partial charge in [0.1, 0.15) is 0 Å². The van der Waals surface area contributed by atoms with E-state index in [0.717, 1.165) is 0 Å². The quantitative estimate of drug-likeness (QED) is 0.121. The van der Waals surface area contributed by atoms with Gasteiger partial charge in [0.05, 0.1) is 0 Å². The van der Waals surface area contributed by atoms with Crippen LogP contribution in [-0.2, 0) is 5.41 Å². The van der Waals surface area contributed by atoms with Crippen LogP contribution in [0.4, 0.5) is 0 Å². The molecule has 0 spiro atoms. The molecule has 206 valence electrons. The first-order valence-corrected chi connectivity index (χ1v) is 17.4. The molecule has 0 N–H and O–H groups in total. The van der Waals surface area contributed by atoms with Gasteiger partial charge in [-0.05, 0) is 81.2 Å². The van der Waals surface area contributed by atoms with Crippen molar-refractivity contribution < 1.29 is 0 Å². The third-order valence-electron chi connectivity index (χ3n) is 8.89. The summed E-state index contributed by atoms with van der Waals surface area (Å²) in [5.74, 6) is 0. The molecule has 0 aliphatic heterocycles. The molecular weight excluding hydrogens is 509 g/mol. The maximum absolute atomic E-state index is 2.58. The number of thiophene rings is 2. The van der Waals surface area contributed by atoms with Crippen molar-refractivity contribution in [1.29, 1.82) is 0 Å². The Balaban J connectivity index is 1.53. The van der Waals surface area contributed by atoms with Crippen molar-refractivity contribution in [3.05, 3.63) is 82.6 Å². The van der Waals surface area contributed by atoms with E-state index in [0.29, 0.717) is 0 Å². The van der Waals surface area contributed by atoms with Crippen molar-refractivity contribution >= 4 is 22.7 Å². The molecule has 0 saturated carbocycles. The van der Waals surface area contributed by atoms with Crippen LogP contribution in [0.5, 0.6) is 0 Å². The molecule has 1 aliphatic rings. The lowest BCUT2D eigenvalue weighted by atomic mass is 9.70. The molecule has 1 aliphatic carbocycles. The average Bonchev–Trinajstić information content (AvgIpc) is 3.74. The SMILES string of the molecule is CCCCCCCCC1(CCCCCCCC)c2cc(-c3cccs3)ccc2-c2ccc(-c3cccs3)cc21. The maximum Gasteiger partial charge on any atom is 0.0342 e. The van der Waals surface area contributed by atoms with Gasteiger partial charge in [0.15, 0.2) is 0 Å². The van der Waals surface area contributed by atoms with E-state index in [9.17, 15) is 0 Å². The van der Waals surface area contributed by atoms with E-state index < -0.39 is 0 Å². The van der Waals surface area contributed by atoms with Crippen molar-refractivity contribution in [1.82, 2.24) is 0 Å².